The minimum atomic E-state index is 0.467. The molecule has 1 rings (SSSR count). The van der Waals surface area contributed by atoms with Crippen LogP contribution in [-0.4, -0.2) is 19.6 Å². The number of hydrogen-bond acceptors (Lipinski definition) is 2. The van der Waals surface area contributed by atoms with Crippen LogP contribution in [0, 0.1) is 0 Å². The Hall–Kier alpha value is -0.730. The first kappa shape index (κ1) is 16.3. The van der Waals surface area contributed by atoms with Crippen molar-refractivity contribution in [1.82, 2.24) is 5.32 Å². The van der Waals surface area contributed by atoms with E-state index in [4.69, 9.17) is 11.6 Å². The summed E-state index contributed by atoms with van der Waals surface area (Å²) >= 11 is 6.35. The lowest BCUT2D eigenvalue weighted by Crippen LogP contribution is -2.25. The van der Waals surface area contributed by atoms with Gasteiger partial charge in [-0.25, -0.2) is 0 Å². The smallest absolute Gasteiger partial charge is 0.0471 e. The van der Waals surface area contributed by atoms with Crippen molar-refractivity contribution in [2.45, 2.75) is 52.6 Å². The van der Waals surface area contributed by atoms with Gasteiger partial charge in [-0.3, -0.25) is 0 Å². The maximum atomic E-state index is 6.35. The molecule has 0 spiro atoms. The van der Waals surface area contributed by atoms with Crippen molar-refractivity contribution >= 4 is 17.3 Å². The molecule has 0 saturated carbocycles. The van der Waals surface area contributed by atoms with Crippen molar-refractivity contribution < 1.29 is 0 Å². The van der Waals surface area contributed by atoms with Gasteiger partial charge in [0.2, 0.25) is 0 Å². The highest BCUT2D eigenvalue weighted by Crippen LogP contribution is 2.27. The normalized spacial score (nSPS) is 11.1. The van der Waals surface area contributed by atoms with Crippen LogP contribution in [0.4, 0.5) is 5.69 Å². The predicted octanol–water partition coefficient (Wildman–Crippen LogP) is 4.46. The largest absolute Gasteiger partial charge is 0.374 e. The minimum Gasteiger partial charge on any atom is -0.374 e. The Labute approximate surface area is 123 Å². The molecule has 0 atom stereocenters. The van der Waals surface area contributed by atoms with Gasteiger partial charge in [0, 0.05) is 42.5 Å². The fraction of sp³-hybridized carbons (Fsp3) is 0.625. The van der Waals surface area contributed by atoms with E-state index in [9.17, 15) is 0 Å². The number of nitrogens with one attached hydrogen (secondary N) is 1. The monoisotopic (exact) mass is 282 g/mol. The van der Waals surface area contributed by atoms with Gasteiger partial charge in [0.1, 0.15) is 0 Å². The van der Waals surface area contributed by atoms with Gasteiger partial charge in [-0.15, -0.1) is 0 Å². The summed E-state index contributed by atoms with van der Waals surface area (Å²) in [4.78, 5) is 2.32. The topological polar surface area (TPSA) is 15.3 Å². The van der Waals surface area contributed by atoms with E-state index in [-0.39, 0.29) is 0 Å². The minimum absolute atomic E-state index is 0.467. The van der Waals surface area contributed by atoms with Crippen LogP contribution in [0.1, 0.15) is 45.6 Å². The molecule has 2 nitrogen and oxygen atoms in total. The van der Waals surface area contributed by atoms with Crippen LogP contribution in [0.25, 0.3) is 0 Å². The zero-order chi connectivity index (χ0) is 14.3. The van der Waals surface area contributed by atoms with Gasteiger partial charge in [0.25, 0.3) is 0 Å². The lowest BCUT2D eigenvalue weighted by atomic mass is 10.1. The fourth-order valence-corrected chi connectivity index (χ4v) is 2.34. The quantitative estimate of drug-likeness (QED) is 0.708. The van der Waals surface area contributed by atoms with E-state index in [0.29, 0.717) is 6.04 Å². The van der Waals surface area contributed by atoms with Gasteiger partial charge in [0.05, 0.1) is 0 Å². The second-order valence-electron chi connectivity index (χ2n) is 5.40. The third kappa shape index (κ3) is 5.42. The lowest BCUT2D eigenvalue weighted by Gasteiger charge is -2.24. The molecule has 0 aliphatic heterocycles. The molecule has 108 valence electrons. The molecule has 0 saturated heterocycles. The first-order chi connectivity index (χ1) is 9.06. The molecule has 0 radical (unpaired) electrons. The van der Waals surface area contributed by atoms with Gasteiger partial charge in [-0.05, 0) is 18.6 Å². The van der Waals surface area contributed by atoms with E-state index < -0.39 is 0 Å². The van der Waals surface area contributed by atoms with Gasteiger partial charge >= 0.3 is 0 Å². The average Bonchev–Trinajstić information content (AvgIpc) is 2.37. The molecular weight excluding hydrogens is 256 g/mol. The summed E-state index contributed by atoms with van der Waals surface area (Å²) in [5.74, 6) is 0. The first-order valence-electron chi connectivity index (χ1n) is 7.28. The molecule has 1 N–H and O–H groups in total. The Kier molecular flexibility index (Phi) is 7.25. The Morgan fingerprint density at radius 3 is 2.63 bits per heavy atom. The summed E-state index contributed by atoms with van der Waals surface area (Å²) < 4.78 is 0. The van der Waals surface area contributed by atoms with Crippen LogP contribution in [-0.2, 0) is 6.54 Å². The van der Waals surface area contributed by atoms with Crippen LogP contribution in [0.3, 0.4) is 0 Å². The van der Waals surface area contributed by atoms with Gasteiger partial charge in [0.15, 0.2) is 0 Å². The summed E-state index contributed by atoms with van der Waals surface area (Å²) in [5.41, 5.74) is 2.45. The molecular formula is C16H27ClN2. The predicted molar refractivity (Wildman–Crippen MR) is 86.2 cm³/mol. The van der Waals surface area contributed by atoms with E-state index in [1.807, 2.05) is 12.1 Å². The number of rotatable bonds is 8. The zero-order valence-electron chi connectivity index (χ0n) is 12.7. The van der Waals surface area contributed by atoms with Gasteiger partial charge in [-0.1, -0.05) is 51.3 Å². The number of hydrogen-bond donors (Lipinski definition) is 1. The number of halogens is 1. The van der Waals surface area contributed by atoms with Crippen molar-refractivity contribution in [3.63, 3.8) is 0 Å². The molecule has 1 aromatic rings. The molecule has 0 unspecified atom stereocenters. The molecule has 0 bridgehead atoms. The Bertz CT molecular complexity index is 377. The maximum Gasteiger partial charge on any atom is 0.0471 e. The van der Waals surface area contributed by atoms with E-state index >= 15 is 0 Å². The number of nitrogens with zero attached hydrogens (tertiary/aromatic N) is 1. The van der Waals surface area contributed by atoms with Crippen LogP contribution < -0.4 is 10.2 Å². The third-order valence-electron chi connectivity index (χ3n) is 3.29. The highest BCUT2D eigenvalue weighted by molar-refractivity contribution is 6.31. The van der Waals surface area contributed by atoms with Crippen molar-refractivity contribution in [2.24, 2.45) is 0 Å². The second kappa shape index (κ2) is 8.44. The highest BCUT2D eigenvalue weighted by atomic mass is 35.5. The summed E-state index contributed by atoms with van der Waals surface area (Å²) in [7, 11) is 2.15. The van der Waals surface area contributed by atoms with E-state index in [2.05, 4.69) is 44.1 Å². The molecule has 0 heterocycles. The highest BCUT2D eigenvalue weighted by Gasteiger charge is 2.10. The maximum absolute atomic E-state index is 6.35. The average molecular weight is 283 g/mol. The molecule has 0 fully saturated rings. The first-order valence-corrected chi connectivity index (χ1v) is 7.66. The lowest BCUT2D eigenvalue weighted by molar-refractivity contribution is 0.588. The van der Waals surface area contributed by atoms with Crippen LogP contribution >= 0.6 is 11.6 Å². The van der Waals surface area contributed by atoms with Crippen LogP contribution in [0.5, 0.6) is 0 Å². The van der Waals surface area contributed by atoms with E-state index in [0.717, 1.165) is 18.1 Å². The van der Waals surface area contributed by atoms with Crippen molar-refractivity contribution in [1.29, 1.82) is 0 Å². The number of anilines is 1. The molecule has 19 heavy (non-hydrogen) atoms. The molecule has 0 aromatic heterocycles. The number of benzene rings is 1. The fourth-order valence-electron chi connectivity index (χ4n) is 2.11. The Balaban J connectivity index is 2.77. The van der Waals surface area contributed by atoms with Crippen molar-refractivity contribution in [3.8, 4) is 0 Å². The molecule has 1 aromatic carbocycles. The molecule has 0 aliphatic carbocycles. The standard InChI is InChI=1S/C16H27ClN2/c1-5-6-7-11-19(4)16-10-8-9-15(17)14(16)12-18-13(2)3/h8-10,13,18H,5-7,11-12H2,1-4H3. The van der Waals surface area contributed by atoms with Crippen molar-refractivity contribution in [3.05, 3.63) is 28.8 Å². The third-order valence-corrected chi connectivity index (χ3v) is 3.64. The van der Waals surface area contributed by atoms with Gasteiger partial charge < -0.3 is 10.2 Å². The van der Waals surface area contributed by atoms with E-state index in [1.54, 1.807) is 0 Å². The summed E-state index contributed by atoms with van der Waals surface area (Å²) in [6.07, 6.45) is 3.77. The second-order valence-corrected chi connectivity index (χ2v) is 5.81. The Morgan fingerprint density at radius 2 is 2.00 bits per heavy atom. The zero-order valence-corrected chi connectivity index (χ0v) is 13.4. The van der Waals surface area contributed by atoms with Crippen LogP contribution in [0.2, 0.25) is 5.02 Å². The SMILES string of the molecule is CCCCCN(C)c1cccc(Cl)c1CNC(C)C. The number of unbranched alkanes of at least 4 members (excludes halogenated alkanes) is 2. The summed E-state index contributed by atoms with van der Waals surface area (Å²) in [6.45, 7) is 8.45. The van der Waals surface area contributed by atoms with Crippen LogP contribution in [0.15, 0.2) is 18.2 Å². The summed E-state index contributed by atoms with van der Waals surface area (Å²) in [5, 5.41) is 4.31. The Morgan fingerprint density at radius 1 is 1.26 bits per heavy atom. The molecule has 0 aliphatic rings. The molecule has 0 amide bonds. The van der Waals surface area contributed by atoms with Crippen molar-refractivity contribution in [2.75, 3.05) is 18.5 Å². The van der Waals surface area contributed by atoms with E-state index in [1.165, 1.54) is 30.5 Å². The summed E-state index contributed by atoms with van der Waals surface area (Å²) in [6, 6.07) is 6.64. The molecule has 3 heteroatoms. The van der Waals surface area contributed by atoms with Gasteiger partial charge in [-0.2, -0.15) is 0 Å².